The molecule has 2 heterocycles. The van der Waals surface area contributed by atoms with Crippen LogP contribution in [-0.4, -0.2) is 45.9 Å². The fraction of sp³-hybridized carbons (Fsp3) is 0.200. The number of thiocarbonyl (C=S) groups is 1. The molecular formula is C20H22N6OS. The van der Waals surface area contributed by atoms with Crippen LogP contribution in [0.2, 0.25) is 0 Å². The molecule has 0 unspecified atom stereocenters. The van der Waals surface area contributed by atoms with Crippen molar-refractivity contribution in [2.45, 2.75) is 13.0 Å². The van der Waals surface area contributed by atoms with Gasteiger partial charge in [-0.05, 0) is 43.4 Å². The summed E-state index contributed by atoms with van der Waals surface area (Å²) in [5.41, 5.74) is 6.33. The molecule has 8 heteroatoms. The lowest BCUT2D eigenvalue weighted by molar-refractivity contribution is 0.179. The third-order valence-corrected chi connectivity index (χ3v) is 4.07. The number of nitrogens with one attached hydrogen (secondary N) is 2. The molecule has 0 aliphatic rings. The second-order valence-corrected chi connectivity index (χ2v) is 6.56. The van der Waals surface area contributed by atoms with Crippen LogP contribution in [0.25, 0.3) is 16.9 Å². The summed E-state index contributed by atoms with van der Waals surface area (Å²) in [6, 6.07) is 13.8. The average Bonchev–Trinajstić information content (AvgIpc) is 3.14. The zero-order valence-electron chi connectivity index (χ0n) is 15.7. The molecular weight excluding hydrogens is 372 g/mol. The maximum absolute atomic E-state index is 5.25. The number of nitrogens with zero attached hydrogens (tertiary/aromatic N) is 4. The van der Waals surface area contributed by atoms with Crippen molar-refractivity contribution in [3.8, 4) is 16.9 Å². The Kier molecular flexibility index (Phi) is 6.83. The molecule has 0 spiro atoms. The van der Waals surface area contributed by atoms with Gasteiger partial charge in [0.2, 0.25) is 0 Å². The van der Waals surface area contributed by atoms with Crippen molar-refractivity contribution in [3.63, 3.8) is 0 Å². The first-order valence-electron chi connectivity index (χ1n) is 8.81. The molecule has 0 radical (unpaired) electrons. The molecule has 0 aliphatic heterocycles. The van der Waals surface area contributed by atoms with E-state index in [0.717, 1.165) is 22.5 Å². The molecule has 0 aliphatic carbocycles. The molecule has 3 rings (SSSR count). The number of para-hydroxylation sites is 1. The van der Waals surface area contributed by atoms with E-state index < -0.39 is 0 Å². The minimum absolute atomic E-state index is 0.0898. The van der Waals surface area contributed by atoms with Gasteiger partial charge in [0.05, 0.1) is 18.5 Å². The summed E-state index contributed by atoms with van der Waals surface area (Å²) in [4.78, 5) is 4.19. The number of ether oxygens (including phenoxy) is 1. The monoisotopic (exact) mass is 394 g/mol. The Morgan fingerprint density at radius 2 is 2.11 bits per heavy atom. The largest absolute Gasteiger partial charge is 0.383 e. The number of aromatic nitrogens is 3. The highest BCUT2D eigenvalue weighted by Gasteiger charge is 2.11. The van der Waals surface area contributed by atoms with Gasteiger partial charge in [0, 0.05) is 42.9 Å². The molecule has 2 N–H and O–H groups in total. The van der Waals surface area contributed by atoms with Crippen molar-refractivity contribution in [1.29, 1.82) is 0 Å². The van der Waals surface area contributed by atoms with E-state index in [1.54, 1.807) is 25.7 Å². The van der Waals surface area contributed by atoms with E-state index in [0.29, 0.717) is 11.7 Å². The van der Waals surface area contributed by atoms with Gasteiger partial charge in [-0.25, -0.2) is 4.68 Å². The van der Waals surface area contributed by atoms with Gasteiger partial charge < -0.3 is 10.1 Å². The van der Waals surface area contributed by atoms with Crippen LogP contribution < -0.4 is 10.7 Å². The molecule has 2 aromatic heterocycles. The highest BCUT2D eigenvalue weighted by molar-refractivity contribution is 7.80. The third-order valence-electron chi connectivity index (χ3n) is 3.86. The van der Waals surface area contributed by atoms with Gasteiger partial charge in [-0.15, -0.1) is 0 Å². The molecule has 144 valence electrons. The minimum atomic E-state index is 0.0898. The number of benzene rings is 1. The van der Waals surface area contributed by atoms with Crippen LogP contribution in [0.3, 0.4) is 0 Å². The van der Waals surface area contributed by atoms with Gasteiger partial charge in [0.1, 0.15) is 5.69 Å². The summed E-state index contributed by atoms with van der Waals surface area (Å²) in [6.45, 7) is 2.53. The zero-order chi connectivity index (χ0) is 19.8. The lowest BCUT2D eigenvalue weighted by Gasteiger charge is -2.13. The predicted octanol–water partition coefficient (Wildman–Crippen LogP) is 2.77. The Morgan fingerprint density at radius 3 is 2.82 bits per heavy atom. The molecule has 7 nitrogen and oxygen atoms in total. The summed E-state index contributed by atoms with van der Waals surface area (Å²) in [5, 5.41) is 12.5. The number of rotatable bonds is 7. The Hall–Kier alpha value is -3.10. The summed E-state index contributed by atoms with van der Waals surface area (Å²) < 4.78 is 6.90. The fourth-order valence-electron chi connectivity index (χ4n) is 2.63. The van der Waals surface area contributed by atoms with Crippen molar-refractivity contribution >= 4 is 23.5 Å². The molecule has 28 heavy (non-hydrogen) atoms. The maximum Gasteiger partial charge on any atom is 0.187 e. The van der Waals surface area contributed by atoms with Crippen LogP contribution in [0.5, 0.6) is 0 Å². The molecule has 1 aromatic carbocycles. The first kappa shape index (κ1) is 19.7. The number of hydrogen-bond acceptors (Lipinski definition) is 5. The van der Waals surface area contributed by atoms with E-state index in [9.17, 15) is 0 Å². The maximum atomic E-state index is 5.25. The van der Waals surface area contributed by atoms with Crippen LogP contribution >= 0.6 is 12.2 Å². The number of hydrazone groups is 1. The van der Waals surface area contributed by atoms with Crippen LogP contribution in [-0.2, 0) is 4.74 Å². The third kappa shape index (κ3) is 5.21. The lowest BCUT2D eigenvalue weighted by atomic mass is 10.1. The average molecular weight is 395 g/mol. The quantitative estimate of drug-likeness (QED) is 0.365. The normalized spacial score (nSPS) is 12.1. The van der Waals surface area contributed by atoms with Crippen LogP contribution in [0.1, 0.15) is 12.5 Å². The Bertz CT molecular complexity index is 926. The summed E-state index contributed by atoms with van der Waals surface area (Å²) in [7, 11) is 1.65. The van der Waals surface area contributed by atoms with Gasteiger partial charge in [0.25, 0.3) is 0 Å². The molecule has 3 aromatic rings. The van der Waals surface area contributed by atoms with E-state index in [-0.39, 0.29) is 6.04 Å². The summed E-state index contributed by atoms with van der Waals surface area (Å²) in [5.74, 6) is 0. The standard InChI is InChI=1S/C20H22N6OS/c1-15(14-27-2)23-20(28)24-22-12-17-13-26(18-8-4-3-5-9-18)25-19(17)16-7-6-10-21-11-16/h3-13,15H,14H2,1-2H3,(H2,23,24,28)/b22-12-/t15-/m1/s1. The fourth-order valence-corrected chi connectivity index (χ4v) is 2.88. The topological polar surface area (TPSA) is 76.4 Å². The molecule has 0 saturated heterocycles. The Morgan fingerprint density at radius 1 is 1.29 bits per heavy atom. The van der Waals surface area contributed by atoms with Crippen molar-refractivity contribution in [3.05, 3.63) is 66.6 Å². The van der Waals surface area contributed by atoms with E-state index in [2.05, 4.69) is 20.8 Å². The second kappa shape index (κ2) is 9.72. The van der Waals surface area contributed by atoms with Crippen molar-refractivity contribution in [1.82, 2.24) is 25.5 Å². The Balaban J connectivity index is 1.81. The SMILES string of the molecule is COC[C@@H](C)NC(=S)N/N=C\c1cn(-c2ccccc2)nc1-c1cccnc1. The van der Waals surface area contributed by atoms with Crippen molar-refractivity contribution in [2.75, 3.05) is 13.7 Å². The molecule has 0 fully saturated rings. The highest BCUT2D eigenvalue weighted by Crippen LogP contribution is 2.21. The van der Waals surface area contributed by atoms with Crippen molar-refractivity contribution < 1.29 is 4.74 Å². The van der Waals surface area contributed by atoms with Gasteiger partial charge in [-0.1, -0.05) is 18.2 Å². The number of pyridine rings is 1. The first-order valence-corrected chi connectivity index (χ1v) is 9.22. The van der Waals surface area contributed by atoms with Gasteiger partial charge in [-0.2, -0.15) is 10.2 Å². The highest BCUT2D eigenvalue weighted by atomic mass is 32.1. The Labute approximate surface area is 169 Å². The van der Waals surface area contributed by atoms with E-state index in [4.69, 9.17) is 22.1 Å². The number of hydrogen-bond donors (Lipinski definition) is 2. The first-order chi connectivity index (χ1) is 13.7. The summed E-state index contributed by atoms with van der Waals surface area (Å²) in [6.07, 6.45) is 7.13. The van der Waals surface area contributed by atoms with E-state index in [1.165, 1.54) is 0 Å². The smallest absolute Gasteiger partial charge is 0.187 e. The minimum Gasteiger partial charge on any atom is -0.383 e. The van der Waals surface area contributed by atoms with Gasteiger partial charge >= 0.3 is 0 Å². The predicted molar refractivity (Wildman–Crippen MR) is 115 cm³/mol. The zero-order valence-corrected chi connectivity index (χ0v) is 16.6. The van der Waals surface area contributed by atoms with Crippen molar-refractivity contribution in [2.24, 2.45) is 5.10 Å². The molecule has 0 amide bonds. The molecule has 0 saturated carbocycles. The number of methoxy groups -OCH3 is 1. The van der Waals surface area contributed by atoms with Crippen LogP contribution in [0.15, 0.2) is 66.2 Å². The van der Waals surface area contributed by atoms with E-state index >= 15 is 0 Å². The summed E-state index contributed by atoms with van der Waals surface area (Å²) >= 11 is 5.25. The van der Waals surface area contributed by atoms with Gasteiger partial charge in [-0.3, -0.25) is 10.4 Å². The molecule has 1 atom stereocenters. The molecule has 0 bridgehead atoms. The van der Waals surface area contributed by atoms with E-state index in [1.807, 2.05) is 60.3 Å². The van der Waals surface area contributed by atoms with Crippen LogP contribution in [0, 0.1) is 0 Å². The lowest BCUT2D eigenvalue weighted by Crippen LogP contribution is -2.40. The van der Waals surface area contributed by atoms with Crippen LogP contribution in [0.4, 0.5) is 0 Å². The second-order valence-electron chi connectivity index (χ2n) is 6.15. The van der Waals surface area contributed by atoms with Gasteiger partial charge in [0.15, 0.2) is 5.11 Å².